The highest BCUT2D eigenvalue weighted by Gasteiger charge is 2.42. The number of halogens is 1. The number of carbonyl (C=O) groups is 2. The second-order valence-electron chi connectivity index (χ2n) is 8.86. The molecule has 2 fully saturated rings. The Balaban J connectivity index is 1.48. The van der Waals surface area contributed by atoms with Crippen LogP contribution in [-0.4, -0.2) is 68.1 Å². The lowest BCUT2D eigenvalue weighted by molar-refractivity contribution is -0.137. The summed E-state index contributed by atoms with van der Waals surface area (Å²) in [6, 6.07) is 13.2. The summed E-state index contributed by atoms with van der Waals surface area (Å²) < 4.78 is 19.2. The maximum absolute atomic E-state index is 13.9. The monoisotopic (exact) mass is 454 g/mol. The average Bonchev–Trinajstić information content (AvgIpc) is 3.24. The van der Waals surface area contributed by atoms with Crippen molar-refractivity contribution in [3.63, 3.8) is 0 Å². The number of rotatable bonds is 5. The minimum atomic E-state index is -0.488. The van der Waals surface area contributed by atoms with Crippen LogP contribution in [0, 0.1) is 11.7 Å². The fourth-order valence-corrected chi connectivity index (χ4v) is 4.82. The first-order chi connectivity index (χ1) is 15.9. The van der Waals surface area contributed by atoms with Gasteiger partial charge in [-0.15, -0.1) is 0 Å². The molecule has 1 aliphatic carbocycles. The van der Waals surface area contributed by atoms with Gasteiger partial charge in [-0.1, -0.05) is 24.3 Å². The maximum atomic E-state index is 13.9. The largest absolute Gasteiger partial charge is 0.497 e. The van der Waals surface area contributed by atoms with Gasteiger partial charge in [0.2, 0.25) is 5.91 Å². The van der Waals surface area contributed by atoms with Crippen LogP contribution in [-0.2, 0) is 4.79 Å². The molecular weight excluding hydrogens is 423 g/mol. The van der Waals surface area contributed by atoms with E-state index in [4.69, 9.17) is 4.74 Å². The third-order valence-corrected chi connectivity index (χ3v) is 6.70. The Morgan fingerprint density at radius 1 is 1.00 bits per heavy atom. The van der Waals surface area contributed by atoms with E-state index >= 15 is 0 Å². The van der Waals surface area contributed by atoms with Gasteiger partial charge in [-0.05, 0) is 55.6 Å². The smallest absolute Gasteiger partial charge is 0.319 e. The molecule has 3 atom stereocenters. The van der Waals surface area contributed by atoms with Gasteiger partial charge in [0.1, 0.15) is 11.6 Å². The van der Waals surface area contributed by atoms with Crippen molar-refractivity contribution in [3.05, 3.63) is 59.9 Å². The Labute approximate surface area is 193 Å². The lowest BCUT2D eigenvalue weighted by Gasteiger charge is -2.35. The van der Waals surface area contributed by atoms with E-state index in [1.807, 2.05) is 29.2 Å². The van der Waals surface area contributed by atoms with Gasteiger partial charge in [0.25, 0.3) is 0 Å². The highest BCUT2D eigenvalue weighted by Crippen LogP contribution is 2.41. The van der Waals surface area contributed by atoms with Crippen LogP contribution < -0.4 is 15.4 Å². The molecule has 7 nitrogen and oxygen atoms in total. The van der Waals surface area contributed by atoms with Crippen LogP contribution in [0.15, 0.2) is 48.5 Å². The number of urea groups is 1. The summed E-state index contributed by atoms with van der Waals surface area (Å²) in [6.07, 6.45) is 1.19. The van der Waals surface area contributed by atoms with E-state index in [2.05, 4.69) is 22.6 Å². The zero-order valence-electron chi connectivity index (χ0n) is 19.1. The first kappa shape index (κ1) is 23.0. The number of para-hydroxylation sites is 1. The van der Waals surface area contributed by atoms with Gasteiger partial charge < -0.3 is 25.2 Å². The summed E-state index contributed by atoms with van der Waals surface area (Å²) in [4.78, 5) is 30.2. The van der Waals surface area contributed by atoms with E-state index in [1.165, 1.54) is 12.1 Å². The van der Waals surface area contributed by atoms with Gasteiger partial charge in [-0.2, -0.15) is 0 Å². The van der Waals surface area contributed by atoms with Gasteiger partial charge >= 0.3 is 6.03 Å². The SMILES string of the molecule is COc1ccc([C@H]2C[C@H](NC(=O)Nc3ccccc3F)C[C@@H]2C(=O)N2CCN(C)CC2)cc1. The van der Waals surface area contributed by atoms with E-state index in [9.17, 15) is 14.0 Å². The lowest BCUT2D eigenvalue weighted by atomic mass is 9.87. The second kappa shape index (κ2) is 10.2. The Hall–Kier alpha value is -3.13. The molecular formula is C25H31FN4O3. The number of ether oxygens (including phenoxy) is 1. The highest BCUT2D eigenvalue weighted by molar-refractivity contribution is 5.89. The molecule has 0 bridgehead atoms. The van der Waals surface area contributed by atoms with Crippen LogP contribution in [0.3, 0.4) is 0 Å². The number of likely N-dealkylation sites (N-methyl/N-ethyl adjacent to an activating group) is 1. The van der Waals surface area contributed by atoms with E-state index in [-0.39, 0.29) is 29.5 Å². The molecule has 176 valence electrons. The van der Waals surface area contributed by atoms with Crippen LogP contribution in [0.1, 0.15) is 24.3 Å². The molecule has 2 aromatic rings. The zero-order chi connectivity index (χ0) is 23.4. The van der Waals surface area contributed by atoms with Gasteiger partial charge in [-0.25, -0.2) is 9.18 Å². The third kappa shape index (κ3) is 5.45. The molecule has 4 rings (SSSR count). The fourth-order valence-electron chi connectivity index (χ4n) is 4.82. The van der Waals surface area contributed by atoms with E-state index in [1.54, 1.807) is 19.2 Å². The van der Waals surface area contributed by atoms with Crippen molar-refractivity contribution in [3.8, 4) is 5.75 Å². The summed E-state index contributed by atoms with van der Waals surface area (Å²) in [5, 5.41) is 5.53. The molecule has 33 heavy (non-hydrogen) atoms. The number of piperazine rings is 1. The van der Waals surface area contributed by atoms with Gasteiger partial charge in [0.15, 0.2) is 0 Å². The minimum absolute atomic E-state index is 0.0122. The van der Waals surface area contributed by atoms with Crippen LogP contribution in [0.2, 0.25) is 0 Å². The number of anilines is 1. The van der Waals surface area contributed by atoms with Crippen molar-refractivity contribution >= 4 is 17.6 Å². The fraction of sp³-hybridized carbons (Fsp3) is 0.440. The average molecular weight is 455 g/mol. The molecule has 0 unspecified atom stereocenters. The molecule has 1 heterocycles. The van der Waals surface area contributed by atoms with Crippen LogP contribution >= 0.6 is 0 Å². The molecule has 2 aromatic carbocycles. The first-order valence-corrected chi connectivity index (χ1v) is 11.4. The zero-order valence-corrected chi connectivity index (χ0v) is 19.1. The van der Waals surface area contributed by atoms with Crippen molar-refractivity contribution in [2.45, 2.75) is 24.8 Å². The number of hydrogen-bond donors (Lipinski definition) is 2. The Bertz CT molecular complexity index is 976. The normalized spacial score (nSPS) is 23.2. The number of hydrogen-bond acceptors (Lipinski definition) is 4. The number of benzene rings is 2. The number of nitrogens with zero attached hydrogens (tertiary/aromatic N) is 2. The lowest BCUT2D eigenvalue weighted by Crippen LogP contribution is -2.49. The molecule has 1 saturated heterocycles. The summed E-state index contributed by atoms with van der Waals surface area (Å²) in [5.41, 5.74) is 1.19. The Kier molecular flexibility index (Phi) is 7.13. The standard InChI is InChI=1S/C25H31FN4O3/c1-29-11-13-30(14-12-29)24(31)21-16-18(15-20(21)17-7-9-19(33-2)10-8-17)27-25(32)28-23-6-4-3-5-22(23)26/h3-10,18,20-21H,11-16H2,1-2H3,(H2,27,28,32)/t18-,20+,21-/m0/s1. The summed E-state index contributed by atoms with van der Waals surface area (Å²) in [6.45, 7) is 3.15. The highest BCUT2D eigenvalue weighted by atomic mass is 19.1. The maximum Gasteiger partial charge on any atom is 0.319 e. The minimum Gasteiger partial charge on any atom is -0.497 e. The predicted octanol–water partition coefficient (Wildman–Crippen LogP) is 3.29. The van der Waals surface area contributed by atoms with Crippen LogP contribution in [0.4, 0.5) is 14.9 Å². The number of methoxy groups -OCH3 is 1. The number of nitrogens with one attached hydrogen (secondary N) is 2. The van der Waals surface area contributed by atoms with Gasteiger partial charge in [0.05, 0.1) is 12.8 Å². The van der Waals surface area contributed by atoms with Crippen molar-refractivity contribution < 1.29 is 18.7 Å². The van der Waals surface area contributed by atoms with Crippen molar-refractivity contribution in [1.29, 1.82) is 0 Å². The topological polar surface area (TPSA) is 73.9 Å². The Morgan fingerprint density at radius 2 is 1.70 bits per heavy atom. The predicted molar refractivity (Wildman–Crippen MR) is 125 cm³/mol. The van der Waals surface area contributed by atoms with Crippen LogP contribution in [0.5, 0.6) is 5.75 Å². The van der Waals surface area contributed by atoms with E-state index < -0.39 is 11.8 Å². The summed E-state index contributed by atoms with van der Waals surface area (Å²) >= 11 is 0. The quantitative estimate of drug-likeness (QED) is 0.727. The Morgan fingerprint density at radius 3 is 2.36 bits per heavy atom. The molecule has 2 N–H and O–H groups in total. The number of carbonyl (C=O) groups excluding carboxylic acids is 2. The molecule has 0 radical (unpaired) electrons. The van der Waals surface area contributed by atoms with Gasteiger partial charge in [-0.3, -0.25) is 4.79 Å². The first-order valence-electron chi connectivity index (χ1n) is 11.4. The summed E-state index contributed by atoms with van der Waals surface area (Å²) in [5.74, 6) is 0.182. The van der Waals surface area contributed by atoms with Crippen molar-refractivity contribution in [2.75, 3.05) is 45.7 Å². The van der Waals surface area contributed by atoms with Crippen molar-refractivity contribution in [1.82, 2.24) is 15.1 Å². The van der Waals surface area contributed by atoms with Gasteiger partial charge in [0, 0.05) is 38.1 Å². The van der Waals surface area contributed by atoms with E-state index in [0.717, 1.165) is 24.4 Å². The molecule has 2 aliphatic rings. The molecule has 8 heteroatoms. The molecule has 1 saturated carbocycles. The van der Waals surface area contributed by atoms with E-state index in [0.29, 0.717) is 25.9 Å². The van der Waals surface area contributed by atoms with Crippen LogP contribution in [0.25, 0.3) is 0 Å². The molecule has 3 amide bonds. The molecule has 0 spiro atoms. The summed E-state index contributed by atoms with van der Waals surface area (Å²) in [7, 11) is 3.68. The molecule has 0 aromatic heterocycles. The molecule has 1 aliphatic heterocycles. The second-order valence-corrected chi connectivity index (χ2v) is 8.86. The van der Waals surface area contributed by atoms with Crippen molar-refractivity contribution in [2.24, 2.45) is 5.92 Å². The third-order valence-electron chi connectivity index (χ3n) is 6.70. The number of amides is 3.